The predicted octanol–water partition coefficient (Wildman–Crippen LogP) is 1.25. The van der Waals surface area contributed by atoms with Crippen LogP contribution in [0.15, 0.2) is 10.9 Å². The molecule has 0 unspecified atom stereocenters. The molecular formula is C9H5F2N3O. The highest BCUT2D eigenvalue weighted by molar-refractivity contribution is 5.35. The van der Waals surface area contributed by atoms with Crippen molar-refractivity contribution in [1.82, 2.24) is 4.98 Å². The van der Waals surface area contributed by atoms with E-state index in [1.54, 1.807) is 12.1 Å². The van der Waals surface area contributed by atoms with E-state index in [4.69, 9.17) is 10.5 Å². The Balaban J connectivity index is 3.40. The highest BCUT2D eigenvalue weighted by Crippen LogP contribution is 2.16. The molecule has 0 fully saturated rings. The molecule has 1 aromatic rings. The number of alkyl halides is 2. The molecule has 0 radical (unpaired) electrons. The van der Waals surface area contributed by atoms with E-state index in [-0.39, 0.29) is 17.7 Å². The van der Waals surface area contributed by atoms with Crippen molar-refractivity contribution < 1.29 is 8.78 Å². The van der Waals surface area contributed by atoms with Crippen molar-refractivity contribution in [2.24, 2.45) is 0 Å². The van der Waals surface area contributed by atoms with Crippen LogP contribution in [0.25, 0.3) is 0 Å². The lowest BCUT2D eigenvalue weighted by Crippen LogP contribution is -2.16. The van der Waals surface area contributed by atoms with Crippen LogP contribution in [0.1, 0.15) is 23.2 Å². The summed E-state index contributed by atoms with van der Waals surface area (Å²) in [4.78, 5) is 13.0. The van der Waals surface area contributed by atoms with Gasteiger partial charge in [-0.25, -0.2) is 8.78 Å². The van der Waals surface area contributed by atoms with Crippen LogP contribution < -0.4 is 5.56 Å². The Morgan fingerprint density at radius 1 is 1.47 bits per heavy atom. The average molecular weight is 209 g/mol. The molecule has 1 heterocycles. The first kappa shape index (κ1) is 10.9. The lowest BCUT2D eigenvalue weighted by Gasteiger charge is -2.02. The second-order valence-corrected chi connectivity index (χ2v) is 2.70. The topological polar surface area (TPSA) is 80.4 Å². The molecule has 0 aliphatic rings. The number of nitriles is 2. The largest absolute Gasteiger partial charge is 0.313 e. The summed E-state index contributed by atoms with van der Waals surface area (Å²) in [5.74, 6) is 0. The Bertz CT molecular complexity index is 508. The summed E-state index contributed by atoms with van der Waals surface area (Å²) < 4.78 is 24.6. The fourth-order valence-corrected chi connectivity index (χ4v) is 1.08. The van der Waals surface area contributed by atoms with Gasteiger partial charge in [0, 0.05) is 5.56 Å². The van der Waals surface area contributed by atoms with Crippen LogP contribution in [-0.4, -0.2) is 4.98 Å². The van der Waals surface area contributed by atoms with Gasteiger partial charge in [-0.15, -0.1) is 0 Å². The summed E-state index contributed by atoms with van der Waals surface area (Å²) in [5, 5.41) is 17.0. The molecular weight excluding hydrogens is 204 g/mol. The predicted molar refractivity (Wildman–Crippen MR) is 46.1 cm³/mol. The average Bonchev–Trinajstić information content (AvgIpc) is 2.20. The molecule has 4 nitrogen and oxygen atoms in total. The van der Waals surface area contributed by atoms with Gasteiger partial charge in [0.1, 0.15) is 11.8 Å². The third-order valence-corrected chi connectivity index (χ3v) is 1.77. The molecule has 0 saturated carbocycles. The van der Waals surface area contributed by atoms with Gasteiger partial charge in [0.15, 0.2) is 0 Å². The van der Waals surface area contributed by atoms with Crippen molar-refractivity contribution in [1.29, 1.82) is 10.5 Å². The first-order valence-corrected chi connectivity index (χ1v) is 3.91. The van der Waals surface area contributed by atoms with Crippen LogP contribution in [0.2, 0.25) is 0 Å². The number of pyridine rings is 1. The Morgan fingerprint density at radius 3 is 2.60 bits per heavy atom. The first-order valence-electron chi connectivity index (χ1n) is 3.91. The van der Waals surface area contributed by atoms with E-state index in [1.807, 2.05) is 4.98 Å². The summed E-state index contributed by atoms with van der Waals surface area (Å²) in [7, 11) is 0. The zero-order chi connectivity index (χ0) is 11.4. The summed E-state index contributed by atoms with van der Waals surface area (Å²) in [6, 6.07) is 4.26. The molecule has 0 spiro atoms. The lowest BCUT2D eigenvalue weighted by molar-refractivity contribution is 0.149. The Hall–Kier alpha value is -2.21. The van der Waals surface area contributed by atoms with Gasteiger partial charge in [-0.05, 0) is 6.07 Å². The van der Waals surface area contributed by atoms with E-state index in [0.29, 0.717) is 0 Å². The monoisotopic (exact) mass is 209 g/mol. The van der Waals surface area contributed by atoms with E-state index in [9.17, 15) is 13.6 Å². The number of aromatic amines is 1. The normalized spacial score (nSPS) is 9.67. The molecule has 0 atom stereocenters. The highest BCUT2D eigenvalue weighted by Gasteiger charge is 2.15. The first-order chi connectivity index (χ1) is 7.10. The van der Waals surface area contributed by atoms with Crippen LogP contribution in [0.5, 0.6) is 0 Å². The van der Waals surface area contributed by atoms with Crippen molar-refractivity contribution >= 4 is 0 Å². The minimum absolute atomic E-state index is 0.106. The van der Waals surface area contributed by atoms with Gasteiger partial charge in [-0.3, -0.25) is 4.79 Å². The van der Waals surface area contributed by atoms with Gasteiger partial charge in [-0.1, -0.05) is 0 Å². The lowest BCUT2D eigenvalue weighted by atomic mass is 10.1. The highest BCUT2D eigenvalue weighted by atomic mass is 19.3. The number of nitrogens with zero attached hydrogens (tertiary/aromatic N) is 2. The summed E-state index contributed by atoms with van der Waals surface area (Å²) in [6.45, 7) is 0. The van der Waals surface area contributed by atoms with Gasteiger partial charge < -0.3 is 4.98 Å². The van der Waals surface area contributed by atoms with E-state index in [1.165, 1.54) is 0 Å². The Kier molecular flexibility index (Phi) is 3.14. The van der Waals surface area contributed by atoms with Gasteiger partial charge >= 0.3 is 0 Å². The zero-order valence-corrected chi connectivity index (χ0v) is 7.42. The van der Waals surface area contributed by atoms with Crippen LogP contribution in [0, 0.1) is 22.7 Å². The zero-order valence-electron chi connectivity index (χ0n) is 7.42. The third-order valence-electron chi connectivity index (χ3n) is 1.77. The van der Waals surface area contributed by atoms with E-state index < -0.39 is 17.5 Å². The number of hydrogen-bond donors (Lipinski definition) is 1. The number of aromatic nitrogens is 1. The number of halogens is 2. The maximum Gasteiger partial charge on any atom is 0.269 e. The van der Waals surface area contributed by atoms with Crippen molar-refractivity contribution in [3.8, 4) is 12.1 Å². The molecule has 1 aromatic heterocycles. The number of nitrogens with one attached hydrogen (secondary N) is 1. The maximum atomic E-state index is 12.3. The van der Waals surface area contributed by atoms with E-state index >= 15 is 0 Å². The minimum Gasteiger partial charge on any atom is -0.313 e. The SMILES string of the molecule is N#CCc1cc(C(F)F)c(=O)[nH]c1C#N. The van der Waals surface area contributed by atoms with Crippen LogP contribution in [0.3, 0.4) is 0 Å². The van der Waals surface area contributed by atoms with Gasteiger partial charge in [-0.2, -0.15) is 10.5 Å². The quantitative estimate of drug-likeness (QED) is 0.795. The summed E-state index contributed by atoms with van der Waals surface area (Å²) in [5.41, 5.74) is -1.76. The third kappa shape index (κ3) is 2.18. The Labute approximate surface area is 83.4 Å². The fourth-order valence-electron chi connectivity index (χ4n) is 1.08. The summed E-state index contributed by atoms with van der Waals surface area (Å²) >= 11 is 0. The molecule has 0 aliphatic carbocycles. The number of hydrogen-bond acceptors (Lipinski definition) is 3. The number of H-pyrrole nitrogens is 1. The maximum absolute atomic E-state index is 12.3. The summed E-state index contributed by atoms with van der Waals surface area (Å²) in [6.07, 6.45) is -3.11. The van der Waals surface area contributed by atoms with Crippen LogP contribution in [-0.2, 0) is 6.42 Å². The standard InChI is InChI=1S/C9H5F2N3O/c10-8(11)6-3-5(1-2-12)7(4-13)14-9(6)15/h3,8H,1H2,(H,14,15). The van der Waals surface area contributed by atoms with Crippen LogP contribution in [0.4, 0.5) is 8.78 Å². The van der Waals surface area contributed by atoms with E-state index in [2.05, 4.69) is 0 Å². The Morgan fingerprint density at radius 2 is 2.13 bits per heavy atom. The van der Waals surface area contributed by atoms with Gasteiger partial charge in [0.25, 0.3) is 12.0 Å². The number of rotatable bonds is 2. The second kappa shape index (κ2) is 4.34. The van der Waals surface area contributed by atoms with Crippen LogP contribution >= 0.6 is 0 Å². The molecule has 0 bridgehead atoms. The van der Waals surface area contributed by atoms with Crippen molar-refractivity contribution in [3.63, 3.8) is 0 Å². The molecule has 0 saturated heterocycles. The molecule has 0 amide bonds. The fraction of sp³-hybridized carbons (Fsp3) is 0.222. The molecule has 0 aromatic carbocycles. The molecule has 76 valence electrons. The van der Waals surface area contributed by atoms with Crippen molar-refractivity contribution in [2.45, 2.75) is 12.8 Å². The van der Waals surface area contributed by atoms with Crippen molar-refractivity contribution in [3.05, 3.63) is 33.2 Å². The molecule has 1 rings (SSSR count). The molecule has 0 aliphatic heterocycles. The van der Waals surface area contributed by atoms with Crippen molar-refractivity contribution in [2.75, 3.05) is 0 Å². The van der Waals surface area contributed by atoms with Gasteiger partial charge in [0.2, 0.25) is 0 Å². The van der Waals surface area contributed by atoms with E-state index in [0.717, 1.165) is 6.07 Å². The second-order valence-electron chi connectivity index (χ2n) is 2.70. The smallest absolute Gasteiger partial charge is 0.269 e. The minimum atomic E-state index is -2.92. The molecule has 15 heavy (non-hydrogen) atoms. The molecule has 1 N–H and O–H groups in total. The van der Waals surface area contributed by atoms with Gasteiger partial charge in [0.05, 0.1) is 18.1 Å². The molecule has 6 heteroatoms.